The van der Waals surface area contributed by atoms with Crippen molar-refractivity contribution in [2.75, 3.05) is 14.1 Å². The Balaban J connectivity index is 2.34. The summed E-state index contributed by atoms with van der Waals surface area (Å²) in [6.07, 6.45) is 0. The van der Waals surface area contributed by atoms with Crippen molar-refractivity contribution in [1.29, 1.82) is 0 Å². The van der Waals surface area contributed by atoms with Gasteiger partial charge in [0.2, 0.25) is 0 Å². The molecular formula is C17H18N4O. The Morgan fingerprint density at radius 3 is 2.50 bits per heavy atom. The van der Waals surface area contributed by atoms with E-state index in [1.165, 1.54) is 0 Å². The molecule has 0 fully saturated rings. The van der Waals surface area contributed by atoms with Crippen molar-refractivity contribution in [3.63, 3.8) is 0 Å². The quantitative estimate of drug-likeness (QED) is 0.730. The van der Waals surface area contributed by atoms with Gasteiger partial charge in [0.15, 0.2) is 5.65 Å². The van der Waals surface area contributed by atoms with E-state index in [0.717, 1.165) is 28.0 Å². The molecule has 0 aliphatic heterocycles. The van der Waals surface area contributed by atoms with E-state index in [-0.39, 0.29) is 5.91 Å². The van der Waals surface area contributed by atoms with Gasteiger partial charge in [-0.3, -0.25) is 9.48 Å². The highest BCUT2D eigenvalue weighted by atomic mass is 16.2. The van der Waals surface area contributed by atoms with E-state index in [1.54, 1.807) is 23.7 Å². The average Bonchev–Trinajstić information content (AvgIpc) is 2.81. The van der Waals surface area contributed by atoms with Gasteiger partial charge in [-0.05, 0) is 13.0 Å². The van der Waals surface area contributed by atoms with Crippen LogP contribution in [0.15, 0.2) is 36.4 Å². The number of rotatable bonds is 2. The van der Waals surface area contributed by atoms with Crippen LogP contribution in [0, 0.1) is 6.92 Å². The topological polar surface area (TPSA) is 51.0 Å². The van der Waals surface area contributed by atoms with Gasteiger partial charge >= 0.3 is 0 Å². The van der Waals surface area contributed by atoms with Crippen molar-refractivity contribution in [3.05, 3.63) is 47.7 Å². The van der Waals surface area contributed by atoms with Gasteiger partial charge in [0.05, 0.1) is 22.3 Å². The van der Waals surface area contributed by atoms with Crippen molar-refractivity contribution in [2.45, 2.75) is 6.92 Å². The Morgan fingerprint density at radius 1 is 1.18 bits per heavy atom. The number of aromatic nitrogens is 3. The molecule has 0 aliphatic rings. The van der Waals surface area contributed by atoms with E-state index in [4.69, 9.17) is 4.98 Å². The van der Waals surface area contributed by atoms with E-state index < -0.39 is 0 Å². The zero-order chi connectivity index (χ0) is 15.9. The van der Waals surface area contributed by atoms with Crippen LogP contribution in [0.1, 0.15) is 16.1 Å². The third-order valence-corrected chi connectivity index (χ3v) is 3.67. The molecule has 0 N–H and O–H groups in total. The Morgan fingerprint density at radius 2 is 1.86 bits per heavy atom. The predicted octanol–water partition coefficient (Wildman–Crippen LogP) is 2.65. The first-order valence-electron chi connectivity index (χ1n) is 7.10. The van der Waals surface area contributed by atoms with Crippen molar-refractivity contribution < 1.29 is 4.79 Å². The molecule has 2 heterocycles. The van der Waals surface area contributed by atoms with E-state index in [2.05, 4.69) is 5.10 Å². The molecular weight excluding hydrogens is 276 g/mol. The lowest BCUT2D eigenvalue weighted by Gasteiger charge is -2.13. The summed E-state index contributed by atoms with van der Waals surface area (Å²) in [6, 6.07) is 11.7. The van der Waals surface area contributed by atoms with Crippen molar-refractivity contribution in [3.8, 4) is 11.3 Å². The van der Waals surface area contributed by atoms with Crippen LogP contribution in [0.5, 0.6) is 0 Å². The minimum absolute atomic E-state index is 0.0410. The normalized spacial score (nSPS) is 10.9. The van der Waals surface area contributed by atoms with Crippen molar-refractivity contribution in [1.82, 2.24) is 19.7 Å². The SMILES string of the molecule is Cc1nn(C)c2nc(-c3ccccc3)cc(C(=O)N(C)C)c12. The summed E-state index contributed by atoms with van der Waals surface area (Å²) < 4.78 is 1.73. The third kappa shape index (κ3) is 2.24. The van der Waals surface area contributed by atoms with E-state index in [9.17, 15) is 4.79 Å². The Kier molecular flexibility index (Phi) is 3.41. The van der Waals surface area contributed by atoms with E-state index >= 15 is 0 Å². The molecule has 5 nitrogen and oxygen atoms in total. The maximum absolute atomic E-state index is 12.6. The fourth-order valence-electron chi connectivity index (χ4n) is 2.61. The molecule has 22 heavy (non-hydrogen) atoms. The largest absolute Gasteiger partial charge is 0.345 e. The van der Waals surface area contributed by atoms with Crippen LogP contribution in [0.4, 0.5) is 0 Å². The number of carbonyl (C=O) groups excluding carboxylic acids is 1. The molecule has 5 heteroatoms. The van der Waals surface area contributed by atoms with Crippen LogP contribution in [0.2, 0.25) is 0 Å². The first kappa shape index (κ1) is 14.3. The van der Waals surface area contributed by atoms with Crippen LogP contribution in [-0.2, 0) is 7.05 Å². The molecule has 1 aromatic carbocycles. The number of hydrogen-bond donors (Lipinski definition) is 0. The van der Waals surface area contributed by atoms with Gasteiger partial charge in [-0.2, -0.15) is 5.10 Å². The number of amides is 1. The van der Waals surface area contributed by atoms with Crippen LogP contribution in [-0.4, -0.2) is 39.7 Å². The number of carbonyl (C=O) groups is 1. The second-order valence-corrected chi connectivity index (χ2v) is 5.53. The summed E-state index contributed by atoms with van der Waals surface area (Å²) in [7, 11) is 5.35. The second kappa shape index (κ2) is 5.26. The maximum atomic E-state index is 12.6. The van der Waals surface area contributed by atoms with Gasteiger partial charge in [-0.25, -0.2) is 4.98 Å². The molecule has 0 bridgehead atoms. The molecule has 2 aromatic heterocycles. The lowest BCUT2D eigenvalue weighted by Crippen LogP contribution is -2.22. The molecule has 0 saturated heterocycles. The van der Waals surface area contributed by atoms with E-state index in [0.29, 0.717) is 5.56 Å². The molecule has 1 amide bonds. The highest BCUT2D eigenvalue weighted by Crippen LogP contribution is 2.27. The zero-order valence-electron chi connectivity index (χ0n) is 13.2. The molecule has 0 aliphatic carbocycles. The number of nitrogens with zero attached hydrogens (tertiary/aromatic N) is 4. The van der Waals surface area contributed by atoms with Crippen LogP contribution in [0.3, 0.4) is 0 Å². The van der Waals surface area contributed by atoms with Gasteiger partial charge < -0.3 is 4.90 Å². The van der Waals surface area contributed by atoms with Crippen LogP contribution >= 0.6 is 0 Å². The monoisotopic (exact) mass is 294 g/mol. The van der Waals surface area contributed by atoms with Gasteiger partial charge in [0, 0.05) is 26.7 Å². The lowest BCUT2D eigenvalue weighted by atomic mass is 10.0. The molecule has 0 radical (unpaired) electrons. The summed E-state index contributed by atoms with van der Waals surface area (Å²) >= 11 is 0. The second-order valence-electron chi connectivity index (χ2n) is 5.53. The predicted molar refractivity (Wildman–Crippen MR) is 86.7 cm³/mol. The fourth-order valence-corrected chi connectivity index (χ4v) is 2.61. The number of aryl methyl sites for hydroxylation is 2. The minimum atomic E-state index is -0.0410. The lowest BCUT2D eigenvalue weighted by molar-refractivity contribution is 0.0829. The summed E-state index contributed by atoms with van der Waals surface area (Å²) in [4.78, 5) is 18.8. The number of hydrogen-bond acceptors (Lipinski definition) is 3. The van der Waals surface area contributed by atoms with Gasteiger partial charge in [-0.1, -0.05) is 30.3 Å². The fraction of sp³-hybridized carbons (Fsp3) is 0.235. The van der Waals surface area contributed by atoms with Gasteiger partial charge in [0.1, 0.15) is 0 Å². The minimum Gasteiger partial charge on any atom is -0.345 e. The maximum Gasteiger partial charge on any atom is 0.254 e. The average molecular weight is 294 g/mol. The first-order valence-corrected chi connectivity index (χ1v) is 7.10. The van der Waals surface area contributed by atoms with Gasteiger partial charge in [0.25, 0.3) is 5.91 Å². The van der Waals surface area contributed by atoms with Crippen molar-refractivity contribution in [2.24, 2.45) is 7.05 Å². The van der Waals surface area contributed by atoms with E-state index in [1.807, 2.05) is 50.4 Å². The number of benzene rings is 1. The molecule has 0 spiro atoms. The third-order valence-electron chi connectivity index (χ3n) is 3.67. The highest BCUT2D eigenvalue weighted by Gasteiger charge is 2.20. The Bertz CT molecular complexity index is 850. The molecule has 0 atom stereocenters. The summed E-state index contributed by atoms with van der Waals surface area (Å²) in [5.74, 6) is -0.0410. The van der Waals surface area contributed by atoms with Gasteiger partial charge in [-0.15, -0.1) is 0 Å². The Hall–Kier alpha value is -2.69. The standard InChI is InChI=1S/C17H18N4O/c1-11-15-13(17(22)20(2)3)10-14(12-8-6-5-7-9-12)18-16(15)21(4)19-11/h5-10H,1-4H3. The number of pyridine rings is 1. The number of fused-ring (bicyclic) bond motifs is 1. The van der Waals surface area contributed by atoms with Crippen LogP contribution < -0.4 is 0 Å². The Labute approximate surface area is 129 Å². The highest BCUT2D eigenvalue weighted by molar-refractivity contribution is 6.07. The summed E-state index contributed by atoms with van der Waals surface area (Å²) in [5.41, 5.74) is 3.94. The van der Waals surface area contributed by atoms with Crippen molar-refractivity contribution >= 4 is 16.9 Å². The smallest absolute Gasteiger partial charge is 0.254 e. The first-order chi connectivity index (χ1) is 10.5. The molecule has 0 unspecified atom stereocenters. The zero-order valence-corrected chi connectivity index (χ0v) is 13.2. The molecule has 0 saturated carbocycles. The molecule has 3 aromatic rings. The van der Waals surface area contributed by atoms with Crippen LogP contribution in [0.25, 0.3) is 22.3 Å². The summed E-state index contributed by atoms with van der Waals surface area (Å²) in [6.45, 7) is 1.90. The molecule has 3 rings (SSSR count). The molecule has 112 valence electrons. The summed E-state index contributed by atoms with van der Waals surface area (Å²) in [5, 5.41) is 5.23.